The molecule has 0 saturated carbocycles. The van der Waals surface area contributed by atoms with E-state index < -0.39 is 17.6 Å². The lowest BCUT2D eigenvalue weighted by atomic mass is 10.2. The smallest absolute Gasteiger partial charge is 0.416 e. The lowest BCUT2D eigenvalue weighted by molar-refractivity contribution is -0.137. The second-order valence-corrected chi connectivity index (χ2v) is 5.60. The predicted molar refractivity (Wildman–Crippen MR) is 95.5 cm³/mol. The molecule has 0 radical (unpaired) electrons. The molecule has 0 heterocycles. The van der Waals surface area contributed by atoms with Gasteiger partial charge in [0.25, 0.3) is 5.91 Å². The number of para-hydroxylation sites is 1. The van der Waals surface area contributed by atoms with Crippen molar-refractivity contribution in [2.45, 2.75) is 6.18 Å². The standard InChI is InChI=1S/C20H15F3N2O2/c21-20(22,23)15-7-5-11-18(13-15)27-17-10-4-6-14(12-17)19(26)25-24-16-8-2-1-3-9-16/h1-13,24H,(H,25,26). The van der Waals surface area contributed by atoms with Gasteiger partial charge in [-0.25, -0.2) is 0 Å². The Labute approximate surface area is 153 Å². The fraction of sp³-hybridized carbons (Fsp3) is 0.0500. The first kappa shape index (κ1) is 18.3. The number of anilines is 1. The summed E-state index contributed by atoms with van der Waals surface area (Å²) in [5.74, 6) is -0.125. The van der Waals surface area contributed by atoms with Crippen molar-refractivity contribution in [3.8, 4) is 11.5 Å². The zero-order chi connectivity index (χ0) is 19.3. The maximum atomic E-state index is 12.8. The third-order valence-electron chi connectivity index (χ3n) is 3.59. The summed E-state index contributed by atoms with van der Waals surface area (Å²) in [4.78, 5) is 12.2. The van der Waals surface area contributed by atoms with E-state index >= 15 is 0 Å². The molecule has 0 spiro atoms. The van der Waals surface area contributed by atoms with Gasteiger partial charge in [0.2, 0.25) is 0 Å². The first-order valence-electron chi connectivity index (χ1n) is 7.98. The van der Waals surface area contributed by atoms with Gasteiger partial charge in [0.1, 0.15) is 11.5 Å². The number of nitrogens with one attached hydrogen (secondary N) is 2. The van der Waals surface area contributed by atoms with E-state index in [1.54, 1.807) is 30.3 Å². The molecular weight excluding hydrogens is 357 g/mol. The summed E-state index contributed by atoms with van der Waals surface area (Å²) in [5, 5.41) is 0. The summed E-state index contributed by atoms with van der Waals surface area (Å²) in [6, 6.07) is 19.8. The number of halogens is 3. The van der Waals surface area contributed by atoms with Crippen LogP contribution < -0.4 is 15.6 Å². The molecule has 2 N–H and O–H groups in total. The molecule has 7 heteroatoms. The third kappa shape index (κ3) is 5.01. The lowest BCUT2D eigenvalue weighted by Crippen LogP contribution is -2.29. The first-order chi connectivity index (χ1) is 12.9. The summed E-state index contributed by atoms with van der Waals surface area (Å²) in [5.41, 5.74) is 5.51. The Morgan fingerprint density at radius 1 is 0.815 bits per heavy atom. The summed E-state index contributed by atoms with van der Waals surface area (Å²) in [6.45, 7) is 0. The number of hydrogen-bond acceptors (Lipinski definition) is 3. The summed E-state index contributed by atoms with van der Waals surface area (Å²) < 4.78 is 43.8. The maximum absolute atomic E-state index is 12.8. The molecule has 0 aromatic heterocycles. The van der Waals surface area contributed by atoms with Gasteiger partial charge in [-0.1, -0.05) is 30.3 Å². The van der Waals surface area contributed by atoms with Crippen molar-refractivity contribution < 1.29 is 22.7 Å². The molecule has 3 aromatic carbocycles. The molecule has 0 fully saturated rings. The van der Waals surface area contributed by atoms with E-state index in [2.05, 4.69) is 10.9 Å². The van der Waals surface area contributed by atoms with Gasteiger partial charge >= 0.3 is 6.18 Å². The van der Waals surface area contributed by atoms with Gasteiger partial charge in [-0.15, -0.1) is 0 Å². The van der Waals surface area contributed by atoms with Crippen molar-refractivity contribution >= 4 is 11.6 Å². The quantitative estimate of drug-likeness (QED) is 0.601. The van der Waals surface area contributed by atoms with Crippen molar-refractivity contribution in [2.24, 2.45) is 0 Å². The minimum Gasteiger partial charge on any atom is -0.457 e. The van der Waals surface area contributed by atoms with E-state index in [9.17, 15) is 18.0 Å². The van der Waals surface area contributed by atoms with Gasteiger partial charge in [-0.05, 0) is 48.5 Å². The molecular formula is C20H15F3N2O2. The Hall–Kier alpha value is -3.48. The van der Waals surface area contributed by atoms with Crippen LogP contribution in [0.2, 0.25) is 0 Å². The Morgan fingerprint density at radius 3 is 2.19 bits per heavy atom. The van der Waals surface area contributed by atoms with Crippen LogP contribution in [-0.4, -0.2) is 5.91 Å². The zero-order valence-corrected chi connectivity index (χ0v) is 14.0. The third-order valence-corrected chi connectivity index (χ3v) is 3.59. The monoisotopic (exact) mass is 372 g/mol. The average Bonchev–Trinajstić information content (AvgIpc) is 2.67. The number of hydrazine groups is 1. The van der Waals surface area contributed by atoms with Gasteiger partial charge < -0.3 is 4.74 Å². The highest BCUT2D eigenvalue weighted by molar-refractivity contribution is 5.95. The number of ether oxygens (including phenoxy) is 1. The molecule has 3 rings (SSSR count). The lowest BCUT2D eigenvalue weighted by Gasteiger charge is -2.11. The molecule has 0 aliphatic rings. The number of rotatable bonds is 5. The molecule has 0 aliphatic carbocycles. The minimum atomic E-state index is -4.45. The number of amides is 1. The van der Waals surface area contributed by atoms with E-state index in [1.807, 2.05) is 18.2 Å². The highest BCUT2D eigenvalue weighted by atomic mass is 19.4. The average molecular weight is 372 g/mol. The molecule has 27 heavy (non-hydrogen) atoms. The molecule has 0 unspecified atom stereocenters. The largest absolute Gasteiger partial charge is 0.457 e. The van der Waals surface area contributed by atoms with Crippen molar-refractivity contribution in [3.63, 3.8) is 0 Å². The number of carbonyl (C=O) groups excluding carboxylic acids is 1. The van der Waals surface area contributed by atoms with E-state index in [1.165, 1.54) is 18.2 Å². The maximum Gasteiger partial charge on any atom is 0.416 e. The number of alkyl halides is 3. The van der Waals surface area contributed by atoms with Crippen LogP contribution in [0.15, 0.2) is 78.9 Å². The van der Waals surface area contributed by atoms with E-state index in [-0.39, 0.29) is 11.5 Å². The minimum absolute atomic E-state index is 0.0322. The highest BCUT2D eigenvalue weighted by Gasteiger charge is 2.30. The molecule has 4 nitrogen and oxygen atoms in total. The predicted octanol–water partition coefficient (Wildman–Crippen LogP) is 5.25. The Kier molecular flexibility index (Phi) is 5.30. The SMILES string of the molecule is O=C(NNc1ccccc1)c1cccc(Oc2cccc(C(F)(F)F)c2)c1. The molecule has 1 amide bonds. The van der Waals surface area contributed by atoms with E-state index in [0.717, 1.165) is 12.1 Å². The summed E-state index contributed by atoms with van der Waals surface area (Å²) >= 11 is 0. The summed E-state index contributed by atoms with van der Waals surface area (Å²) in [6.07, 6.45) is -4.45. The van der Waals surface area contributed by atoms with E-state index in [4.69, 9.17) is 4.74 Å². The van der Waals surface area contributed by atoms with Crippen LogP contribution in [0.1, 0.15) is 15.9 Å². The van der Waals surface area contributed by atoms with Gasteiger partial charge in [-0.3, -0.25) is 15.6 Å². The molecule has 0 atom stereocenters. The van der Waals surface area contributed by atoms with Gasteiger partial charge in [0.05, 0.1) is 11.3 Å². The van der Waals surface area contributed by atoms with Crippen LogP contribution in [0, 0.1) is 0 Å². The fourth-order valence-corrected chi connectivity index (χ4v) is 2.30. The molecule has 0 bridgehead atoms. The number of benzene rings is 3. The van der Waals surface area contributed by atoms with Crippen molar-refractivity contribution in [1.29, 1.82) is 0 Å². The fourth-order valence-electron chi connectivity index (χ4n) is 2.30. The van der Waals surface area contributed by atoms with Crippen molar-refractivity contribution in [3.05, 3.63) is 90.0 Å². The van der Waals surface area contributed by atoms with E-state index in [0.29, 0.717) is 11.3 Å². The molecule has 0 aliphatic heterocycles. The molecule has 138 valence electrons. The van der Waals surface area contributed by atoms with Crippen molar-refractivity contribution in [1.82, 2.24) is 5.43 Å². The molecule has 0 saturated heterocycles. The highest BCUT2D eigenvalue weighted by Crippen LogP contribution is 2.32. The van der Waals surface area contributed by atoms with Gasteiger partial charge in [0, 0.05) is 5.56 Å². The first-order valence-corrected chi connectivity index (χ1v) is 7.98. The second kappa shape index (κ2) is 7.82. The van der Waals surface area contributed by atoms with Crippen LogP contribution in [0.5, 0.6) is 11.5 Å². The number of hydrogen-bond donors (Lipinski definition) is 2. The molecule has 3 aromatic rings. The topological polar surface area (TPSA) is 50.4 Å². The van der Waals surface area contributed by atoms with Crippen LogP contribution in [0.4, 0.5) is 18.9 Å². The Balaban J connectivity index is 1.69. The van der Waals surface area contributed by atoms with Crippen LogP contribution in [0.25, 0.3) is 0 Å². The Bertz CT molecular complexity index is 928. The Morgan fingerprint density at radius 2 is 1.48 bits per heavy atom. The van der Waals surface area contributed by atoms with Crippen LogP contribution in [-0.2, 0) is 6.18 Å². The summed E-state index contributed by atoms with van der Waals surface area (Å²) in [7, 11) is 0. The zero-order valence-electron chi connectivity index (χ0n) is 14.0. The van der Waals surface area contributed by atoms with Crippen LogP contribution in [0.3, 0.4) is 0 Å². The van der Waals surface area contributed by atoms with Gasteiger partial charge in [-0.2, -0.15) is 13.2 Å². The normalized spacial score (nSPS) is 10.9. The number of carbonyl (C=O) groups is 1. The second-order valence-electron chi connectivity index (χ2n) is 5.60. The van der Waals surface area contributed by atoms with Gasteiger partial charge in [0.15, 0.2) is 0 Å². The van der Waals surface area contributed by atoms with Crippen molar-refractivity contribution in [2.75, 3.05) is 5.43 Å². The van der Waals surface area contributed by atoms with Crippen LogP contribution >= 0.6 is 0 Å².